The Kier molecular flexibility index (Phi) is 4.38. The number of nitrogens with one attached hydrogen (secondary N) is 1. The lowest BCUT2D eigenvalue weighted by atomic mass is 9.64. The van der Waals surface area contributed by atoms with Crippen LogP contribution in [0.25, 0.3) is 11.6 Å². The first-order valence-electron chi connectivity index (χ1n) is 8.30. The summed E-state index contributed by atoms with van der Waals surface area (Å²) in [6, 6.07) is 7.46. The summed E-state index contributed by atoms with van der Waals surface area (Å²) in [7, 11) is 0. The fraction of sp³-hybridized carbons (Fsp3) is 0.278. The van der Waals surface area contributed by atoms with E-state index in [0.29, 0.717) is 16.6 Å². The molecule has 1 saturated carbocycles. The maximum Gasteiger partial charge on any atom is 0.267 e. The van der Waals surface area contributed by atoms with E-state index in [1.807, 2.05) is 24.3 Å². The molecule has 0 saturated heterocycles. The predicted octanol–water partition coefficient (Wildman–Crippen LogP) is 2.92. The molecule has 8 heteroatoms. The van der Waals surface area contributed by atoms with Crippen molar-refractivity contribution >= 4 is 17.5 Å². The first-order chi connectivity index (χ1) is 12.7. The van der Waals surface area contributed by atoms with Gasteiger partial charge in [0.25, 0.3) is 5.89 Å². The van der Waals surface area contributed by atoms with Crippen LogP contribution in [-0.2, 0) is 16.8 Å². The van der Waals surface area contributed by atoms with E-state index in [-0.39, 0.29) is 18.3 Å². The molecule has 0 aliphatic heterocycles. The summed E-state index contributed by atoms with van der Waals surface area (Å²) in [6.45, 7) is 0.168. The Labute approximate surface area is 154 Å². The normalized spacial score (nSPS) is 15.3. The molecular weight excluding hydrogens is 354 g/mol. The summed E-state index contributed by atoms with van der Waals surface area (Å²) in [5.41, 5.74) is 0.976. The van der Waals surface area contributed by atoms with Crippen LogP contribution in [-0.4, -0.2) is 26.1 Å². The Bertz CT molecular complexity index is 907. The van der Waals surface area contributed by atoms with Crippen LogP contribution in [0.4, 0.5) is 0 Å². The third-order valence-electron chi connectivity index (χ3n) is 4.69. The second-order valence-corrected chi connectivity index (χ2v) is 6.65. The third kappa shape index (κ3) is 3.06. The monoisotopic (exact) mass is 369 g/mol. The van der Waals surface area contributed by atoms with Crippen molar-refractivity contribution in [3.05, 3.63) is 59.3 Å². The number of carbonyl (C=O) groups is 1. The smallest absolute Gasteiger partial charge is 0.267 e. The van der Waals surface area contributed by atoms with Gasteiger partial charge in [0.05, 0.1) is 18.2 Å². The number of nitrogens with zero attached hydrogens (tertiary/aromatic N) is 4. The summed E-state index contributed by atoms with van der Waals surface area (Å²) in [4.78, 5) is 20.9. The van der Waals surface area contributed by atoms with Gasteiger partial charge in [-0.2, -0.15) is 0 Å². The molecule has 0 atom stereocenters. The quantitative estimate of drug-likeness (QED) is 0.743. The van der Waals surface area contributed by atoms with Gasteiger partial charge in [0.15, 0.2) is 0 Å². The number of hydrogen-bond donors (Lipinski definition) is 1. The van der Waals surface area contributed by atoms with Gasteiger partial charge in [-0.15, -0.1) is 10.2 Å². The molecule has 1 aliphatic carbocycles. The lowest BCUT2D eigenvalue weighted by Crippen LogP contribution is -2.49. The van der Waals surface area contributed by atoms with Gasteiger partial charge in [0, 0.05) is 17.4 Å². The van der Waals surface area contributed by atoms with E-state index in [4.69, 9.17) is 16.0 Å². The van der Waals surface area contributed by atoms with E-state index < -0.39 is 5.41 Å². The van der Waals surface area contributed by atoms with Crippen LogP contribution in [0.15, 0.2) is 47.3 Å². The molecule has 0 bridgehead atoms. The van der Waals surface area contributed by atoms with E-state index in [9.17, 15) is 4.79 Å². The molecule has 3 aromatic rings. The largest absolute Gasteiger partial charge is 0.417 e. The standard InChI is InChI=1S/C18H16ClN5O2/c19-13-4-2-12(3-5-13)18(6-1-7-18)17(25)22-11-15-23-24-16(26-15)14-10-20-8-9-21-14/h2-5,8-10H,1,6-7,11H2,(H,22,25). The number of amides is 1. The number of benzene rings is 1. The van der Waals surface area contributed by atoms with Gasteiger partial charge in [-0.3, -0.25) is 9.78 Å². The number of carbonyl (C=O) groups excluding carboxylic acids is 1. The van der Waals surface area contributed by atoms with Gasteiger partial charge in [0.1, 0.15) is 5.69 Å². The summed E-state index contributed by atoms with van der Waals surface area (Å²) in [5.74, 6) is 0.563. The Balaban J connectivity index is 1.45. The van der Waals surface area contributed by atoms with Crippen LogP contribution >= 0.6 is 11.6 Å². The van der Waals surface area contributed by atoms with Crippen molar-refractivity contribution in [3.63, 3.8) is 0 Å². The average Bonchev–Trinajstić information content (AvgIpc) is 3.10. The van der Waals surface area contributed by atoms with E-state index in [2.05, 4.69) is 25.5 Å². The van der Waals surface area contributed by atoms with Gasteiger partial charge < -0.3 is 9.73 Å². The number of aromatic nitrogens is 4. The molecule has 132 valence electrons. The van der Waals surface area contributed by atoms with Crippen molar-refractivity contribution in [3.8, 4) is 11.6 Å². The molecule has 1 fully saturated rings. The molecule has 1 aliphatic rings. The molecule has 0 spiro atoms. The van der Waals surface area contributed by atoms with Crippen LogP contribution in [0.5, 0.6) is 0 Å². The molecule has 0 radical (unpaired) electrons. The molecule has 26 heavy (non-hydrogen) atoms. The molecule has 1 amide bonds. The van der Waals surface area contributed by atoms with Gasteiger partial charge in [0.2, 0.25) is 11.8 Å². The molecular formula is C18H16ClN5O2. The van der Waals surface area contributed by atoms with Gasteiger partial charge in [-0.05, 0) is 30.5 Å². The van der Waals surface area contributed by atoms with Crippen molar-refractivity contribution in [1.29, 1.82) is 0 Å². The van der Waals surface area contributed by atoms with Crippen molar-refractivity contribution in [1.82, 2.24) is 25.5 Å². The molecule has 1 aromatic carbocycles. The highest BCUT2D eigenvalue weighted by Crippen LogP contribution is 2.44. The molecule has 7 nitrogen and oxygen atoms in total. The molecule has 2 aromatic heterocycles. The van der Waals surface area contributed by atoms with Crippen molar-refractivity contribution < 1.29 is 9.21 Å². The minimum atomic E-state index is -0.502. The Hall–Kier alpha value is -2.80. The Morgan fingerprint density at radius 2 is 2.00 bits per heavy atom. The molecule has 4 rings (SSSR count). The second kappa shape index (κ2) is 6.84. The van der Waals surface area contributed by atoms with E-state index in [1.165, 1.54) is 0 Å². The predicted molar refractivity (Wildman–Crippen MR) is 94.2 cm³/mol. The van der Waals surface area contributed by atoms with E-state index >= 15 is 0 Å². The highest BCUT2D eigenvalue weighted by Gasteiger charge is 2.45. The zero-order valence-corrected chi connectivity index (χ0v) is 14.6. The topological polar surface area (TPSA) is 93.8 Å². The van der Waals surface area contributed by atoms with Crippen molar-refractivity contribution in [2.24, 2.45) is 0 Å². The average molecular weight is 370 g/mol. The molecule has 1 N–H and O–H groups in total. The van der Waals surface area contributed by atoms with Gasteiger partial charge in [-0.25, -0.2) is 4.98 Å². The Morgan fingerprint density at radius 1 is 1.19 bits per heavy atom. The summed E-state index contributed by atoms with van der Waals surface area (Å²) in [5, 5.41) is 11.5. The first-order valence-corrected chi connectivity index (χ1v) is 8.68. The van der Waals surface area contributed by atoms with Crippen LogP contribution in [0.3, 0.4) is 0 Å². The highest BCUT2D eigenvalue weighted by molar-refractivity contribution is 6.30. The van der Waals surface area contributed by atoms with Gasteiger partial charge in [-0.1, -0.05) is 30.2 Å². The summed E-state index contributed by atoms with van der Waals surface area (Å²) >= 11 is 5.96. The lowest BCUT2D eigenvalue weighted by Gasteiger charge is -2.40. The van der Waals surface area contributed by atoms with Crippen LogP contribution < -0.4 is 5.32 Å². The lowest BCUT2D eigenvalue weighted by molar-refractivity contribution is -0.130. The third-order valence-corrected chi connectivity index (χ3v) is 4.94. The van der Waals surface area contributed by atoms with Crippen molar-refractivity contribution in [2.45, 2.75) is 31.2 Å². The zero-order valence-electron chi connectivity index (χ0n) is 13.9. The second-order valence-electron chi connectivity index (χ2n) is 6.22. The van der Waals surface area contributed by atoms with Crippen LogP contribution in [0.2, 0.25) is 5.02 Å². The van der Waals surface area contributed by atoms with Gasteiger partial charge >= 0.3 is 0 Å². The maximum atomic E-state index is 12.8. The fourth-order valence-electron chi connectivity index (χ4n) is 3.11. The minimum Gasteiger partial charge on any atom is -0.417 e. The highest BCUT2D eigenvalue weighted by atomic mass is 35.5. The van der Waals surface area contributed by atoms with Crippen molar-refractivity contribution in [2.75, 3.05) is 0 Å². The fourth-order valence-corrected chi connectivity index (χ4v) is 3.24. The van der Waals surface area contributed by atoms with E-state index in [1.54, 1.807) is 18.6 Å². The molecule has 2 heterocycles. The SMILES string of the molecule is O=C(NCc1nnc(-c2cnccn2)o1)C1(c2ccc(Cl)cc2)CCC1. The molecule has 0 unspecified atom stereocenters. The maximum absolute atomic E-state index is 12.8. The zero-order chi connectivity index (χ0) is 18.0. The minimum absolute atomic E-state index is 0.0367. The van der Waals surface area contributed by atoms with Crippen LogP contribution in [0, 0.1) is 0 Å². The number of rotatable bonds is 5. The van der Waals surface area contributed by atoms with Crippen LogP contribution in [0.1, 0.15) is 30.7 Å². The first kappa shape index (κ1) is 16.7. The number of halogens is 1. The Morgan fingerprint density at radius 3 is 2.65 bits per heavy atom. The summed E-state index contributed by atoms with van der Waals surface area (Å²) < 4.78 is 5.55. The number of hydrogen-bond acceptors (Lipinski definition) is 6. The van der Waals surface area contributed by atoms with E-state index in [0.717, 1.165) is 24.8 Å². The summed E-state index contributed by atoms with van der Waals surface area (Å²) in [6.07, 6.45) is 7.31.